The van der Waals surface area contributed by atoms with Crippen LogP contribution >= 0.6 is 0 Å². The van der Waals surface area contributed by atoms with Gasteiger partial charge < -0.3 is 5.32 Å². The fraction of sp³-hybridized carbons (Fsp3) is 1.00. The molecule has 1 fully saturated rings. The number of rotatable bonds is 7. The SMILES string of the molecule is CCNC(CN(CC)C(C)C)C1CC1. The van der Waals surface area contributed by atoms with Crippen molar-refractivity contribution < 1.29 is 0 Å². The fourth-order valence-corrected chi connectivity index (χ4v) is 2.10. The van der Waals surface area contributed by atoms with Gasteiger partial charge in [0.15, 0.2) is 0 Å². The molecule has 0 spiro atoms. The summed E-state index contributed by atoms with van der Waals surface area (Å²) in [6, 6.07) is 1.42. The van der Waals surface area contributed by atoms with Crippen molar-refractivity contribution in [3.8, 4) is 0 Å². The maximum absolute atomic E-state index is 3.62. The van der Waals surface area contributed by atoms with Gasteiger partial charge in [0.05, 0.1) is 0 Å². The number of nitrogens with one attached hydrogen (secondary N) is 1. The van der Waals surface area contributed by atoms with E-state index in [1.807, 2.05) is 0 Å². The summed E-state index contributed by atoms with van der Waals surface area (Å²) in [7, 11) is 0. The molecule has 0 saturated heterocycles. The van der Waals surface area contributed by atoms with Crippen molar-refractivity contribution in [3.63, 3.8) is 0 Å². The van der Waals surface area contributed by atoms with Crippen LogP contribution in [0.2, 0.25) is 0 Å². The monoisotopic (exact) mass is 198 g/mol. The number of hydrogen-bond donors (Lipinski definition) is 1. The molecule has 2 nitrogen and oxygen atoms in total. The first-order valence-electron chi connectivity index (χ1n) is 6.16. The van der Waals surface area contributed by atoms with E-state index in [2.05, 4.69) is 37.9 Å². The summed E-state index contributed by atoms with van der Waals surface area (Å²) in [5.74, 6) is 0.961. The smallest absolute Gasteiger partial charge is 0.0223 e. The molecular weight excluding hydrogens is 172 g/mol. The van der Waals surface area contributed by atoms with E-state index < -0.39 is 0 Å². The Morgan fingerprint density at radius 3 is 2.29 bits per heavy atom. The second-order valence-corrected chi connectivity index (χ2v) is 4.68. The Hall–Kier alpha value is -0.0800. The molecule has 2 heteroatoms. The Kier molecular flexibility index (Phi) is 4.90. The lowest BCUT2D eigenvalue weighted by molar-refractivity contribution is 0.199. The molecule has 0 aromatic rings. The predicted octanol–water partition coefficient (Wildman–Crippen LogP) is 2.10. The molecule has 0 aliphatic heterocycles. The highest BCUT2D eigenvalue weighted by molar-refractivity contribution is 4.88. The zero-order chi connectivity index (χ0) is 10.6. The molecule has 1 unspecified atom stereocenters. The van der Waals surface area contributed by atoms with Gasteiger partial charge in [-0.3, -0.25) is 4.90 Å². The highest BCUT2D eigenvalue weighted by Crippen LogP contribution is 2.33. The summed E-state index contributed by atoms with van der Waals surface area (Å²) < 4.78 is 0. The fourth-order valence-electron chi connectivity index (χ4n) is 2.10. The standard InChI is InChI=1S/C12H26N2/c1-5-13-12(11-7-8-11)9-14(6-2)10(3)4/h10-13H,5-9H2,1-4H3. The maximum Gasteiger partial charge on any atom is 0.0223 e. The van der Waals surface area contributed by atoms with E-state index in [9.17, 15) is 0 Å². The molecule has 1 aliphatic rings. The van der Waals surface area contributed by atoms with Crippen LogP contribution in [0.15, 0.2) is 0 Å². The Morgan fingerprint density at radius 1 is 1.29 bits per heavy atom. The Morgan fingerprint density at radius 2 is 1.93 bits per heavy atom. The van der Waals surface area contributed by atoms with Gasteiger partial charge in [-0.2, -0.15) is 0 Å². The average molecular weight is 198 g/mol. The van der Waals surface area contributed by atoms with Crippen molar-refractivity contribution in [2.24, 2.45) is 5.92 Å². The van der Waals surface area contributed by atoms with Gasteiger partial charge in [-0.25, -0.2) is 0 Å². The van der Waals surface area contributed by atoms with E-state index in [-0.39, 0.29) is 0 Å². The lowest BCUT2D eigenvalue weighted by Crippen LogP contribution is -2.44. The lowest BCUT2D eigenvalue weighted by atomic mass is 10.1. The summed E-state index contributed by atoms with van der Waals surface area (Å²) in [4.78, 5) is 2.56. The number of hydrogen-bond acceptors (Lipinski definition) is 2. The summed E-state index contributed by atoms with van der Waals surface area (Å²) in [5, 5.41) is 3.62. The van der Waals surface area contributed by atoms with Crippen molar-refractivity contribution in [1.82, 2.24) is 10.2 Å². The van der Waals surface area contributed by atoms with Crippen LogP contribution in [0.5, 0.6) is 0 Å². The van der Waals surface area contributed by atoms with Crippen LogP contribution < -0.4 is 5.32 Å². The largest absolute Gasteiger partial charge is 0.313 e. The van der Waals surface area contributed by atoms with Gasteiger partial charge in [0.1, 0.15) is 0 Å². The van der Waals surface area contributed by atoms with Gasteiger partial charge in [0, 0.05) is 18.6 Å². The number of likely N-dealkylation sites (N-methyl/N-ethyl adjacent to an activating group) is 2. The highest BCUT2D eigenvalue weighted by Gasteiger charge is 2.31. The lowest BCUT2D eigenvalue weighted by Gasteiger charge is -2.30. The van der Waals surface area contributed by atoms with E-state index in [0.717, 1.165) is 18.5 Å². The molecule has 1 saturated carbocycles. The second-order valence-electron chi connectivity index (χ2n) is 4.68. The van der Waals surface area contributed by atoms with E-state index >= 15 is 0 Å². The third kappa shape index (κ3) is 3.58. The summed E-state index contributed by atoms with van der Waals surface area (Å²) in [6.07, 6.45) is 2.88. The summed E-state index contributed by atoms with van der Waals surface area (Å²) in [6.45, 7) is 12.6. The molecule has 0 heterocycles. The van der Waals surface area contributed by atoms with Gasteiger partial charge in [0.25, 0.3) is 0 Å². The molecule has 0 aromatic heterocycles. The van der Waals surface area contributed by atoms with Crippen LogP contribution in [0.25, 0.3) is 0 Å². The van der Waals surface area contributed by atoms with E-state index in [1.165, 1.54) is 25.9 Å². The molecule has 84 valence electrons. The Labute approximate surface area is 89.1 Å². The molecule has 0 radical (unpaired) electrons. The van der Waals surface area contributed by atoms with Crippen LogP contribution in [-0.2, 0) is 0 Å². The van der Waals surface area contributed by atoms with Gasteiger partial charge in [0.2, 0.25) is 0 Å². The first kappa shape index (κ1) is 12.0. The van der Waals surface area contributed by atoms with Crippen LogP contribution in [0, 0.1) is 5.92 Å². The molecule has 14 heavy (non-hydrogen) atoms. The Bertz CT molecular complexity index is 152. The minimum atomic E-state index is 0.680. The van der Waals surface area contributed by atoms with Crippen molar-refractivity contribution in [2.45, 2.75) is 52.6 Å². The van der Waals surface area contributed by atoms with Crippen LogP contribution in [-0.4, -0.2) is 36.6 Å². The minimum Gasteiger partial charge on any atom is -0.313 e. The van der Waals surface area contributed by atoms with Crippen molar-refractivity contribution >= 4 is 0 Å². The third-order valence-corrected chi connectivity index (χ3v) is 3.23. The first-order valence-corrected chi connectivity index (χ1v) is 6.16. The van der Waals surface area contributed by atoms with E-state index in [4.69, 9.17) is 0 Å². The zero-order valence-electron chi connectivity index (χ0n) is 10.2. The normalized spacial score (nSPS) is 19.3. The molecule has 1 aliphatic carbocycles. The van der Waals surface area contributed by atoms with Gasteiger partial charge in [-0.1, -0.05) is 13.8 Å². The quantitative estimate of drug-likeness (QED) is 0.674. The first-order chi connectivity index (χ1) is 6.69. The van der Waals surface area contributed by atoms with Crippen LogP contribution in [0.3, 0.4) is 0 Å². The minimum absolute atomic E-state index is 0.680. The van der Waals surface area contributed by atoms with Gasteiger partial charge in [-0.05, 0) is 45.7 Å². The van der Waals surface area contributed by atoms with Crippen molar-refractivity contribution in [2.75, 3.05) is 19.6 Å². The topological polar surface area (TPSA) is 15.3 Å². The molecule has 1 atom stereocenters. The zero-order valence-corrected chi connectivity index (χ0v) is 10.2. The van der Waals surface area contributed by atoms with Crippen LogP contribution in [0.1, 0.15) is 40.5 Å². The maximum atomic E-state index is 3.62. The van der Waals surface area contributed by atoms with Crippen LogP contribution in [0.4, 0.5) is 0 Å². The Balaban J connectivity index is 2.35. The molecule has 1 rings (SSSR count). The van der Waals surface area contributed by atoms with E-state index in [0.29, 0.717) is 6.04 Å². The van der Waals surface area contributed by atoms with Crippen molar-refractivity contribution in [1.29, 1.82) is 0 Å². The summed E-state index contributed by atoms with van der Waals surface area (Å²) >= 11 is 0. The number of nitrogens with zero attached hydrogens (tertiary/aromatic N) is 1. The summed E-state index contributed by atoms with van der Waals surface area (Å²) in [5.41, 5.74) is 0. The van der Waals surface area contributed by atoms with E-state index in [1.54, 1.807) is 0 Å². The highest BCUT2D eigenvalue weighted by atomic mass is 15.2. The van der Waals surface area contributed by atoms with Gasteiger partial charge in [-0.15, -0.1) is 0 Å². The average Bonchev–Trinajstić information content (AvgIpc) is 2.94. The second kappa shape index (κ2) is 5.72. The molecule has 0 bridgehead atoms. The molecule has 0 amide bonds. The van der Waals surface area contributed by atoms with Gasteiger partial charge >= 0.3 is 0 Å². The predicted molar refractivity (Wildman–Crippen MR) is 62.6 cm³/mol. The third-order valence-electron chi connectivity index (χ3n) is 3.23. The van der Waals surface area contributed by atoms with Crippen molar-refractivity contribution in [3.05, 3.63) is 0 Å². The molecule has 0 aromatic carbocycles. The molecule has 1 N–H and O–H groups in total. The molecular formula is C12H26N2.